The molecule has 5 nitrogen and oxygen atoms in total. The fraction of sp³-hybridized carbons (Fsp3) is 0.714. The molecule has 104 valence electrons. The van der Waals surface area contributed by atoms with Crippen molar-refractivity contribution < 1.29 is 19.1 Å². The minimum absolute atomic E-state index is 0.0347. The Morgan fingerprint density at radius 1 is 1.21 bits per heavy atom. The lowest BCUT2D eigenvalue weighted by atomic mass is 9.94. The molecule has 0 aromatic heterocycles. The molecule has 5 heteroatoms. The van der Waals surface area contributed by atoms with E-state index in [2.05, 4.69) is 12.2 Å². The average Bonchev–Trinajstić information content (AvgIpc) is 3.08. The number of rotatable bonds is 3. The predicted molar refractivity (Wildman–Crippen MR) is 67.2 cm³/mol. The maximum Gasteiger partial charge on any atom is 0.310 e. The molecule has 2 fully saturated rings. The molecule has 3 unspecified atom stereocenters. The lowest BCUT2D eigenvalue weighted by molar-refractivity contribution is -0.157. The third-order valence-electron chi connectivity index (χ3n) is 4.28. The summed E-state index contributed by atoms with van der Waals surface area (Å²) in [6.45, 7) is 2.19. The number of nitrogens with zero attached hydrogens (tertiary/aromatic N) is 1. The zero-order valence-corrected chi connectivity index (χ0v) is 10.9. The number of esters is 1. The summed E-state index contributed by atoms with van der Waals surface area (Å²) in [6, 6.07) is 0. The lowest BCUT2D eigenvalue weighted by Crippen LogP contribution is -2.43. The molecule has 2 aliphatic carbocycles. The van der Waals surface area contributed by atoms with Gasteiger partial charge in [-0.05, 0) is 24.7 Å². The molecule has 1 aliphatic heterocycles. The largest absolute Gasteiger partial charge is 0.455 e. The van der Waals surface area contributed by atoms with Crippen LogP contribution in [0, 0.1) is 17.8 Å². The number of hydrogen-bond acceptors (Lipinski definition) is 4. The van der Waals surface area contributed by atoms with Gasteiger partial charge in [0.15, 0.2) is 6.61 Å². The lowest BCUT2D eigenvalue weighted by Gasteiger charge is -2.27. The second-order valence-corrected chi connectivity index (χ2v) is 5.49. The summed E-state index contributed by atoms with van der Waals surface area (Å²) in [5.41, 5.74) is 0. The Hall–Kier alpha value is -1.36. The van der Waals surface area contributed by atoms with E-state index < -0.39 is 0 Å². The van der Waals surface area contributed by atoms with Gasteiger partial charge in [0.1, 0.15) is 0 Å². The fourth-order valence-electron chi connectivity index (χ4n) is 3.20. The summed E-state index contributed by atoms with van der Waals surface area (Å²) in [7, 11) is 0. The van der Waals surface area contributed by atoms with Crippen LogP contribution in [0.25, 0.3) is 0 Å². The molecule has 0 N–H and O–H groups in total. The van der Waals surface area contributed by atoms with Crippen molar-refractivity contribution in [1.82, 2.24) is 4.90 Å². The molecule has 0 aromatic rings. The first-order valence-electron chi connectivity index (χ1n) is 6.94. The average molecular weight is 265 g/mol. The monoisotopic (exact) mass is 265 g/mol. The molecule has 3 aliphatic rings. The second-order valence-electron chi connectivity index (χ2n) is 5.49. The van der Waals surface area contributed by atoms with E-state index in [0.29, 0.717) is 38.1 Å². The van der Waals surface area contributed by atoms with Crippen LogP contribution < -0.4 is 0 Å². The van der Waals surface area contributed by atoms with Gasteiger partial charge in [-0.15, -0.1) is 0 Å². The molecular weight excluding hydrogens is 246 g/mol. The van der Waals surface area contributed by atoms with Gasteiger partial charge in [-0.3, -0.25) is 9.59 Å². The molecule has 3 rings (SSSR count). The molecule has 0 spiro atoms. The highest BCUT2D eigenvalue weighted by Gasteiger charge is 2.40. The number of ether oxygens (including phenoxy) is 2. The van der Waals surface area contributed by atoms with Crippen molar-refractivity contribution in [2.45, 2.75) is 12.8 Å². The second kappa shape index (κ2) is 5.33. The highest BCUT2D eigenvalue weighted by Crippen LogP contribution is 2.43. The third kappa shape index (κ3) is 2.66. The highest BCUT2D eigenvalue weighted by atomic mass is 16.5. The number of allylic oxidation sites excluding steroid dienone is 2. The standard InChI is InChI=1S/C14H19NO4/c16-13(15-3-5-18-6-4-15)9-19-14(17)12-8-10-1-2-11(12)7-10/h1-2,10-12H,3-9H2. The molecule has 3 atom stereocenters. The van der Waals surface area contributed by atoms with E-state index in [1.165, 1.54) is 0 Å². The Kier molecular flexibility index (Phi) is 3.55. The summed E-state index contributed by atoms with van der Waals surface area (Å²) in [6.07, 6.45) is 6.25. The summed E-state index contributed by atoms with van der Waals surface area (Å²) in [5.74, 6) is 0.509. The zero-order valence-electron chi connectivity index (χ0n) is 10.9. The molecule has 0 radical (unpaired) electrons. The van der Waals surface area contributed by atoms with Gasteiger partial charge in [0.05, 0.1) is 19.1 Å². The Bertz CT molecular complexity index is 400. The third-order valence-corrected chi connectivity index (χ3v) is 4.28. The first-order valence-corrected chi connectivity index (χ1v) is 6.94. The van der Waals surface area contributed by atoms with Gasteiger partial charge >= 0.3 is 5.97 Å². The smallest absolute Gasteiger partial charge is 0.310 e. The summed E-state index contributed by atoms with van der Waals surface area (Å²) in [5, 5.41) is 0. The van der Waals surface area contributed by atoms with Gasteiger partial charge in [0, 0.05) is 13.1 Å². The van der Waals surface area contributed by atoms with E-state index in [0.717, 1.165) is 12.8 Å². The molecule has 1 heterocycles. The van der Waals surface area contributed by atoms with Crippen LogP contribution >= 0.6 is 0 Å². The van der Waals surface area contributed by atoms with Crippen LogP contribution in [0.5, 0.6) is 0 Å². The van der Waals surface area contributed by atoms with Crippen LogP contribution in [-0.4, -0.2) is 49.7 Å². The summed E-state index contributed by atoms with van der Waals surface area (Å²) >= 11 is 0. The van der Waals surface area contributed by atoms with Crippen molar-refractivity contribution in [2.24, 2.45) is 17.8 Å². The fourth-order valence-corrected chi connectivity index (χ4v) is 3.20. The Morgan fingerprint density at radius 3 is 2.63 bits per heavy atom. The van der Waals surface area contributed by atoms with Gasteiger partial charge in [0.2, 0.25) is 0 Å². The first kappa shape index (κ1) is 12.7. The van der Waals surface area contributed by atoms with Crippen molar-refractivity contribution in [1.29, 1.82) is 0 Å². The van der Waals surface area contributed by atoms with Crippen molar-refractivity contribution in [3.63, 3.8) is 0 Å². The number of amides is 1. The van der Waals surface area contributed by atoms with Crippen molar-refractivity contribution in [2.75, 3.05) is 32.9 Å². The summed E-state index contributed by atoms with van der Waals surface area (Å²) < 4.78 is 10.4. The van der Waals surface area contributed by atoms with Crippen LogP contribution in [0.3, 0.4) is 0 Å². The van der Waals surface area contributed by atoms with E-state index in [4.69, 9.17) is 9.47 Å². The van der Waals surface area contributed by atoms with Crippen molar-refractivity contribution in [3.8, 4) is 0 Å². The van der Waals surface area contributed by atoms with Gasteiger partial charge in [-0.25, -0.2) is 0 Å². The SMILES string of the molecule is O=C(OCC(=O)N1CCOCC1)C1CC2C=CC1C2. The normalized spacial score (nSPS) is 32.6. The minimum Gasteiger partial charge on any atom is -0.455 e. The number of hydrogen-bond donors (Lipinski definition) is 0. The zero-order chi connectivity index (χ0) is 13.2. The highest BCUT2D eigenvalue weighted by molar-refractivity contribution is 5.81. The minimum atomic E-state index is -0.210. The maximum atomic E-state index is 12.0. The Balaban J connectivity index is 1.45. The van der Waals surface area contributed by atoms with Crippen LogP contribution in [-0.2, 0) is 19.1 Å². The van der Waals surface area contributed by atoms with E-state index in [9.17, 15) is 9.59 Å². The van der Waals surface area contributed by atoms with Gasteiger partial charge in [-0.1, -0.05) is 12.2 Å². The van der Waals surface area contributed by atoms with Crippen molar-refractivity contribution >= 4 is 11.9 Å². The predicted octanol–water partition coefficient (Wildman–Crippen LogP) is 0.601. The van der Waals surface area contributed by atoms with Crippen LogP contribution in [0.1, 0.15) is 12.8 Å². The number of carbonyl (C=O) groups excluding carboxylic acids is 2. The van der Waals surface area contributed by atoms with Crippen molar-refractivity contribution in [3.05, 3.63) is 12.2 Å². The topological polar surface area (TPSA) is 55.8 Å². The van der Waals surface area contributed by atoms with Crippen LogP contribution in [0.2, 0.25) is 0 Å². The maximum absolute atomic E-state index is 12.0. The van der Waals surface area contributed by atoms with Crippen LogP contribution in [0.4, 0.5) is 0 Å². The molecule has 1 saturated heterocycles. The molecular formula is C14H19NO4. The number of morpholine rings is 1. The van der Waals surface area contributed by atoms with Gasteiger partial charge in [-0.2, -0.15) is 0 Å². The van der Waals surface area contributed by atoms with Gasteiger partial charge < -0.3 is 14.4 Å². The number of carbonyl (C=O) groups is 2. The molecule has 2 bridgehead atoms. The van der Waals surface area contributed by atoms with Crippen LogP contribution in [0.15, 0.2) is 12.2 Å². The van der Waals surface area contributed by atoms with E-state index in [1.807, 2.05) is 0 Å². The summed E-state index contributed by atoms with van der Waals surface area (Å²) in [4.78, 5) is 25.5. The molecule has 1 amide bonds. The van der Waals surface area contributed by atoms with E-state index in [1.54, 1.807) is 4.90 Å². The first-order chi connectivity index (χ1) is 9.24. The van der Waals surface area contributed by atoms with E-state index in [-0.39, 0.29) is 24.4 Å². The molecule has 19 heavy (non-hydrogen) atoms. The number of fused-ring (bicyclic) bond motifs is 2. The van der Waals surface area contributed by atoms with E-state index >= 15 is 0 Å². The van der Waals surface area contributed by atoms with Gasteiger partial charge in [0.25, 0.3) is 5.91 Å². The molecule has 1 saturated carbocycles. The molecule has 0 aromatic carbocycles. The Morgan fingerprint density at radius 2 is 2.00 bits per heavy atom. The Labute approximate surface area is 112 Å². The quantitative estimate of drug-likeness (QED) is 0.554.